The molecule has 2 rings (SSSR count). The van der Waals surface area contributed by atoms with Crippen LogP contribution in [0.4, 0.5) is 0 Å². The van der Waals surface area contributed by atoms with E-state index < -0.39 is 10.0 Å². The molecule has 1 aliphatic rings. The van der Waals surface area contributed by atoms with Crippen LogP contribution in [0.1, 0.15) is 11.1 Å². The van der Waals surface area contributed by atoms with Crippen molar-refractivity contribution in [2.24, 2.45) is 5.92 Å². The van der Waals surface area contributed by atoms with Gasteiger partial charge in [0.05, 0.1) is 17.4 Å². The topological polar surface area (TPSA) is 81.4 Å². The van der Waals surface area contributed by atoms with Crippen LogP contribution in [0, 0.1) is 17.2 Å². The maximum absolute atomic E-state index is 12.0. The fraction of sp³-hybridized carbons (Fsp3) is 0.417. The van der Waals surface area contributed by atoms with E-state index in [-0.39, 0.29) is 18.3 Å². The Morgan fingerprint density at radius 3 is 2.67 bits per heavy atom. The number of benzene rings is 1. The van der Waals surface area contributed by atoms with Gasteiger partial charge in [-0.1, -0.05) is 18.2 Å². The highest BCUT2D eigenvalue weighted by Gasteiger charge is 2.35. The van der Waals surface area contributed by atoms with Crippen LogP contribution in [-0.4, -0.2) is 37.5 Å². The largest absolute Gasteiger partial charge is 0.396 e. The molecule has 0 aromatic heterocycles. The third kappa shape index (κ3) is 2.53. The summed E-state index contributed by atoms with van der Waals surface area (Å²) in [4.78, 5) is 0. The Bertz CT molecular complexity index is 571. The number of nitriles is 1. The van der Waals surface area contributed by atoms with Crippen LogP contribution in [0.15, 0.2) is 24.3 Å². The predicted molar refractivity (Wildman–Crippen MR) is 65.9 cm³/mol. The minimum Gasteiger partial charge on any atom is -0.396 e. The third-order valence-electron chi connectivity index (χ3n) is 3.05. The SMILES string of the molecule is N#Cc1ccccc1CS(=O)(=O)N1CC(CO)C1. The second-order valence-electron chi connectivity index (χ2n) is 4.39. The van der Waals surface area contributed by atoms with Crippen molar-refractivity contribution in [2.45, 2.75) is 5.75 Å². The molecule has 96 valence electrons. The summed E-state index contributed by atoms with van der Waals surface area (Å²) in [7, 11) is -3.38. The lowest BCUT2D eigenvalue weighted by Crippen LogP contribution is -2.51. The van der Waals surface area contributed by atoms with Crippen molar-refractivity contribution in [1.82, 2.24) is 4.31 Å². The lowest BCUT2D eigenvalue weighted by atomic mass is 10.1. The first-order chi connectivity index (χ1) is 8.56. The normalized spacial score (nSPS) is 17.1. The van der Waals surface area contributed by atoms with E-state index in [1.54, 1.807) is 24.3 Å². The Balaban J connectivity index is 2.12. The quantitative estimate of drug-likeness (QED) is 0.850. The van der Waals surface area contributed by atoms with Crippen LogP contribution in [0.2, 0.25) is 0 Å². The molecule has 0 atom stereocenters. The molecule has 0 aliphatic carbocycles. The van der Waals surface area contributed by atoms with Crippen molar-refractivity contribution in [3.05, 3.63) is 35.4 Å². The summed E-state index contributed by atoms with van der Waals surface area (Å²) in [6.45, 7) is 0.752. The average Bonchev–Trinajstić information content (AvgIpc) is 2.27. The van der Waals surface area contributed by atoms with E-state index in [0.29, 0.717) is 24.2 Å². The Labute approximate surface area is 106 Å². The molecule has 1 aromatic carbocycles. The van der Waals surface area contributed by atoms with Gasteiger partial charge in [0.2, 0.25) is 10.0 Å². The minimum atomic E-state index is -3.38. The molecule has 0 unspecified atom stereocenters. The summed E-state index contributed by atoms with van der Waals surface area (Å²) in [5.41, 5.74) is 0.910. The standard InChI is InChI=1S/C12H14N2O3S/c13-5-11-3-1-2-4-12(11)9-18(16,17)14-6-10(7-14)8-15/h1-4,10,15H,6-9H2. The highest BCUT2D eigenvalue weighted by molar-refractivity contribution is 7.88. The van der Waals surface area contributed by atoms with Crippen LogP contribution in [0.25, 0.3) is 0 Å². The number of sulfonamides is 1. The van der Waals surface area contributed by atoms with Gasteiger partial charge in [-0.2, -0.15) is 5.26 Å². The van der Waals surface area contributed by atoms with Crippen molar-refractivity contribution in [3.8, 4) is 6.07 Å². The van der Waals surface area contributed by atoms with Gasteiger partial charge < -0.3 is 5.11 Å². The Morgan fingerprint density at radius 2 is 2.06 bits per heavy atom. The van der Waals surface area contributed by atoms with Crippen molar-refractivity contribution < 1.29 is 13.5 Å². The molecule has 0 bridgehead atoms. The third-order valence-corrected chi connectivity index (χ3v) is 4.81. The van der Waals surface area contributed by atoms with E-state index in [2.05, 4.69) is 0 Å². The van der Waals surface area contributed by atoms with Crippen LogP contribution in [0.3, 0.4) is 0 Å². The molecular formula is C12H14N2O3S. The summed E-state index contributed by atoms with van der Waals surface area (Å²) in [6.07, 6.45) is 0. The second kappa shape index (κ2) is 5.06. The fourth-order valence-corrected chi connectivity index (χ4v) is 3.61. The smallest absolute Gasteiger partial charge is 0.218 e. The van der Waals surface area contributed by atoms with E-state index >= 15 is 0 Å². The van der Waals surface area contributed by atoms with E-state index in [4.69, 9.17) is 10.4 Å². The van der Waals surface area contributed by atoms with Gasteiger partial charge in [0.15, 0.2) is 0 Å². The molecule has 0 amide bonds. The van der Waals surface area contributed by atoms with E-state index in [1.165, 1.54) is 4.31 Å². The van der Waals surface area contributed by atoms with Crippen LogP contribution < -0.4 is 0 Å². The molecule has 0 radical (unpaired) electrons. The monoisotopic (exact) mass is 266 g/mol. The zero-order valence-corrected chi connectivity index (χ0v) is 10.6. The molecule has 0 saturated carbocycles. The van der Waals surface area contributed by atoms with E-state index in [0.717, 1.165) is 0 Å². The lowest BCUT2D eigenvalue weighted by Gasteiger charge is -2.37. The van der Waals surface area contributed by atoms with Crippen LogP contribution >= 0.6 is 0 Å². The number of rotatable bonds is 4. The highest BCUT2D eigenvalue weighted by Crippen LogP contribution is 2.22. The van der Waals surface area contributed by atoms with Crippen LogP contribution in [0.5, 0.6) is 0 Å². The van der Waals surface area contributed by atoms with Crippen molar-refractivity contribution in [1.29, 1.82) is 5.26 Å². The van der Waals surface area contributed by atoms with Crippen molar-refractivity contribution in [3.63, 3.8) is 0 Å². The predicted octanol–water partition coefficient (Wildman–Crippen LogP) is 0.312. The minimum absolute atomic E-state index is 0.0147. The summed E-state index contributed by atoms with van der Waals surface area (Å²) < 4.78 is 25.4. The maximum Gasteiger partial charge on any atom is 0.218 e. The van der Waals surface area contributed by atoms with Gasteiger partial charge in [-0.3, -0.25) is 0 Å². The molecular weight excluding hydrogens is 252 g/mol. The molecule has 6 heteroatoms. The first-order valence-electron chi connectivity index (χ1n) is 5.63. The molecule has 18 heavy (non-hydrogen) atoms. The Kier molecular flexibility index (Phi) is 3.66. The van der Waals surface area contributed by atoms with Crippen LogP contribution in [-0.2, 0) is 15.8 Å². The second-order valence-corrected chi connectivity index (χ2v) is 6.36. The number of hydrogen-bond donors (Lipinski definition) is 1. The summed E-state index contributed by atoms with van der Waals surface area (Å²) >= 11 is 0. The van der Waals surface area contributed by atoms with Gasteiger partial charge in [-0.15, -0.1) is 0 Å². The molecule has 1 saturated heterocycles. The maximum atomic E-state index is 12.0. The molecule has 0 spiro atoms. The summed E-state index contributed by atoms with van der Waals surface area (Å²) in [5.74, 6) is -0.111. The van der Waals surface area contributed by atoms with Gasteiger partial charge in [-0.05, 0) is 11.6 Å². The van der Waals surface area contributed by atoms with E-state index in [1.807, 2.05) is 6.07 Å². The molecule has 1 aromatic rings. The lowest BCUT2D eigenvalue weighted by molar-refractivity contribution is 0.117. The average molecular weight is 266 g/mol. The zero-order valence-electron chi connectivity index (χ0n) is 9.78. The van der Waals surface area contributed by atoms with Gasteiger partial charge in [-0.25, -0.2) is 12.7 Å². The van der Waals surface area contributed by atoms with Gasteiger partial charge in [0.1, 0.15) is 0 Å². The van der Waals surface area contributed by atoms with Gasteiger partial charge in [0, 0.05) is 25.6 Å². The molecule has 1 heterocycles. The number of nitrogens with zero attached hydrogens (tertiary/aromatic N) is 2. The van der Waals surface area contributed by atoms with Crippen molar-refractivity contribution in [2.75, 3.05) is 19.7 Å². The van der Waals surface area contributed by atoms with Gasteiger partial charge in [0.25, 0.3) is 0 Å². The molecule has 1 aliphatic heterocycles. The highest BCUT2D eigenvalue weighted by atomic mass is 32.2. The first kappa shape index (κ1) is 13.0. The summed E-state index contributed by atoms with van der Waals surface area (Å²) in [6, 6.07) is 8.68. The molecule has 5 nitrogen and oxygen atoms in total. The Hall–Kier alpha value is -1.42. The van der Waals surface area contributed by atoms with Gasteiger partial charge >= 0.3 is 0 Å². The fourth-order valence-electron chi connectivity index (χ4n) is 1.91. The number of hydrogen-bond acceptors (Lipinski definition) is 4. The molecule has 1 N–H and O–H groups in total. The first-order valence-corrected chi connectivity index (χ1v) is 7.24. The van der Waals surface area contributed by atoms with Crippen molar-refractivity contribution >= 4 is 10.0 Å². The molecule has 1 fully saturated rings. The van der Waals surface area contributed by atoms with E-state index in [9.17, 15) is 8.42 Å². The number of aliphatic hydroxyl groups excluding tert-OH is 1. The summed E-state index contributed by atoms with van der Waals surface area (Å²) in [5, 5.41) is 17.8. The Morgan fingerprint density at radius 1 is 1.39 bits per heavy atom. The number of aliphatic hydroxyl groups is 1. The zero-order chi connectivity index (χ0) is 13.2.